The Hall–Kier alpha value is -2.29. The summed E-state index contributed by atoms with van der Waals surface area (Å²) in [4.78, 5) is 14.9. The summed E-state index contributed by atoms with van der Waals surface area (Å²) in [5.74, 6) is 1.07. The van der Waals surface area contributed by atoms with Crippen molar-refractivity contribution in [1.29, 1.82) is 0 Å². The third kappa shape index (κ3) is 2.59. The second-order valence-electron chi connectivity index (χ2n) is 6.07. The van der Waals surface area contributed by atoms with Crippen molar-refractivity contribution >= 4 is 5.91 Å². The van der Waals surface area contributed by atoms with Crippen LogP contribution in [0.25, 0.3) is 0 Å². The van der Waals surface area contributed by atoms with Crippen LogP contribution in [0.3, 0.4) is 0 Å². The van der Waals surface area contributed by atoms with Crippen LogP contribution in [-0.2, 0) is 13.0 Å². The van der Waals surface area contributed by atoms with Gasteiger partial charge in [0.2, 0.25) is 0 Å². The van der Waals surface area contributed by atoms with E-state index < -0.39 is 0 Å². The summed E-state index contributed by atoms with van der Waals surface area (Å²) in [5, 5.41) is 0. The number of rotatable bonds is 4. The third-order valence-corrected chi connectivity index (χ3v) is 4.38. The highest BCUT2D eigenvalue weighted by Gasteiger charge is 2.33. The summed E-state index contributed by atoms with van der Waals surface area (Å²) in [5.41, 5.74) is 3.13. The minimum Gasteiger partial charge on any atom is -0.493 e. The molecule has 22 heavy (non-hydrogen) atoms. The first kappa shape index (κ1) is 13.4. The van der Waals surface area contributed by atoms with Gasteiger partial charge in [-0.15, -0.1) is 0 Å². The number of carbonyl (C=O) groups is 1. The van der Waals surface area contributed by atoms with E-state index in [1.807, 2.05) is 41.3 Å². The average Bonchev–Trinajstić information content (AvgIpc) is 3.29. The Balaban J connectivity index is 1.58. The molecule has 0 aromatic heterocycles. The highest BCUT2D eigenvalue weighted by atomic mass is 16.5. The number of fused-ring (bicyclic) bond motifs is 1. The van der Waals surface area contributed by atoms with Gasteiger partial charge in [0.25, 0.3) is 5.91 Å². The van der Waals surface area contributed by atoms with Crippen molar-refractivity contribution < 1.29 is 9.53 Å². The molecule has 0 unspecified atom stereocenters. The Labute approximate surface area is 130 Å². The summed E-state index contributed by atoms with van der Waals surface area (Å²) < 4.78 is 5.52. The van der Waals surface area contributed by atoms with Crippen molar-refractivity contribution in [3.63, 3.8) is 0 Å². The van der Waals surface area contributed by atoms with Gasteiger partial charge in [0.1, 0.15) is 5.75 Å². The Bertz CT molecular complexity index is 692. The predicted molar refractivity (Wildman–Crippen MR) is 85.0 cm³/mol. The number of hydrogen-bond donors (Lipinski definition) is 0. The lowest BCUT2D eigenvalue weighted by atomic mass is 10.1. The predicted octanol–water partition coefficient (Wildman–Crippen LogP) is 3.43. The zero-order valence-electron chi connectivity index (χ0n) is 12.5. The molecule has 3 nitrogen and oxygen atoms in total. The number of ether oxygens (including phenoxy) is 1. The molecule has 1 amide bonds. The number of benzene rings is 2. The third-order valence-electron chi connectivity index (χ3n) is 4.38. The summed E-state index contributed by atoms with van der Waals surface area (Å²) in [6.07, 6.45) is 3.14. The van der Waals surface area contributed by atoms with Crippen LogP contribution in [0.5, 0.6) is 5.75 Å². The first-order valence-corrected chi connectivity index (χ1v) is 7.92. The molecular weight excluding hydrogens is 274 g/mol. The fraction of sp³-hybridized carbons (Fsp3) is 0.316. The number of hydrogen-bond acceptors (Lipinski definition) is 2. The molecule has 1 aliphatic carbocycles. The minimum atomic E-state index is 0.140. The lowest BCUT2D eigenvalue weighted by Gasteiger charge is -2.23. The van der Waals surface area contributed by atoms with Crippen LogP contribution < -0.4 is 4.74 Å². The molecule has 112 valence electrons. The normalized spacial score (nSPS) is 16.0. The SMILES string of the molecule is O=C(c1ccc2c(c1)CCO2)N(Cc1ccccc1)C1CC1. The van der Waals surface area contributed by atoms with Gasteiger partial charge in [-0.05, 0) is 42.2 Å². The molecule has 1 fully saturated rings. The lowest BCUT2D eigenvalue weighted by molar-refractivity contribution is 0.0730. The highest BCUT2D eigenvalue weighted by Crippen LogP contribution is 2.31. The molecule has 0 radical (unpaired) electrons. The van der Waals surface area contributed by atoms with Crippen molar-refractivity contribution in [1.82, 2.24) is 4.90 Å². The molecule has 0 atom stereocenters. The van der Waals surface area contributed by atoms with E-state index >= 15 is 0 Å². The maximum absolute atomic E-state index is 12.9. The van der Waals surface area contributed by atoms with E-state index in [2.05, 4.69) is 12.1 Å². The first-order valence-electron chi connectivity index (χ1n) is 7.92. The summed E-state index contributed by atoms with van der Waals surface area (Å²) >= 11 is 0. The smallest absolute Gasteiger partial charge is 0.254 e. The second kappa shape index (κ2) is 5.48. The van der Waals surface area contributed by atoms with E-state index in [1.165, 1.54) is 5.56 Å². The summed E-state index contributed by atoms with van der Waals surface area (Å²) in [7, 11) is 0. The van der Waals surface area contributed by atoms with Gasteiger partial charge in [-0.25, -0.2) is 0 Å². The van der Waals surface area contributed by atoms with Gasteiger partial charge in [-0.3, -0.25) is 4.79 Å². The van der Waals surface area contributed by atoms with E-state index in [4.69, 9.17) is 4.74 Å². The van der Waals surface area contributed by atoms with E-state index in [0.717, 1.165) is 42.7 Å². The van der Waals surface area contributed by atoms with E-state index in [1.54, 1.807) is 0 Å². The molecule has 1 aliphatic heterocycles. The Morgan fingerprint density at radius 2 is 1.95 bits per heavy atom. The van der Waals surface area contributed by atoms with Gasteiger partial charge >= 0.3 is 0 Å². The van der Waals surface area contributed by atoms with Crippen molar-refractivity contribution in [3.8, 4) is 5.75 Å². The molecule has 0 spiro atoms. The van der Waals surface area contributed by atoms with Crippen LogP contribution in [0.4, 0.5) is 0 Å². The standard InChI is InChI=1S/C19H19NO2/c21-19(16-6-9-18-15(12-16)10-11-22-18)20(17-7-8-17)13-14-4-2-1-3-5-14/h1-6,9,12,17H,7-8,10-11,13H2. The zero-order chi connectivity index (χ0) is 14.9. The highest BCUT2D eigenvalue weighted by molar-refractivity contribution is 5.95. The van der Waals surface area contributed by atoms with Crippen LogP contribution in [0.2, 0.25) is 0 Å². The maximum Gasteiger partial charge on any atom is 0.254 e. The van der Waals surface area contributed by atoms with Crippen LogP contribution >= 0.6 is 0 Å². The molecular formula is C19H19NO2. The monoisotopic (exact) mass is 293 g/mol. The van der Waals surface area contributed by atoms with Crippen molar-refractivity contribution in [2.75, 3.05) is 6.61 Å². The fourth-order valence-corrected chi connectivity index (χ4v) is 3.02. The van der Waals surface area contributed by atoms with Gasteiger partial charge in [-0.1, -0.05) is 30.3 Å². The Kier molecular flexibility index (Phi) is 3.34. The molecule has 2 aromatic rings. The Morgan fingerprint density at radius 3 is 2.73 bits per heavy atom. The van der Waals surface area contributed by atoms with E-state index in [-0.39, 0.29) is 5.91 Å². The molecule has 4 rings (SSSR count). The second-order valence-corrected chi connectivity index (χ2v) is 6.07. The van der Waals surface area contributed by atoms with E-state index in [9.17, 15) is 4.79 Å². The van der Waals surface area contributed by atoms with Crippen LogP contribution in [-0.4, -0.2) is 23.5 Å². The first-order chi connectivity index (χ1) is 10.8. The molecule has 2 aromatic carbocycles. The number of amides is 1. The van der Waals surface area contributed by atoms with Gasteiger partial charge in [-0.2, -0.15) is 0 Å². The van der Waals surface area contributed by atoms with Gasteiger partial charge < -0.3 is 9.64 Å². The quantitative estimate of drug-likeness (QED) is 0.864. The molecule has 0 N–H and O–H groups in total. The van der Waals surface area contributed by atoms with Crippen LogP contribution in [0, 0.1) is 0 Å². The molecule has 0 saturated heterocycles. The molecule has 1 saturated carbocycles. The van der Waals surface area contributed by atoms with Gasteiger partial charge in [0.05, 0.1) is 6.61 Å². The molecule has 0 bridgehead atoms. The van der Waals surface area contributed by atoms with Crippen molar-refractivity contribution in [2.24, 2.45) is 0 Å². The minimum absolute atomic E-state index is 0.140. The maximum atomic E-state index is 12.9. The molecule has 1 heterocycles. The Morgan fingerprint density at radius 1 is 1.14 bits per heavy atom. The largest absolute Gasteiger partial charge is 0.493 e. The fourth-order valence-electron chi connectivity index (χ4n) is 3.02. The number of nitrogens with zero attached hydrogens (tertiary/aromatic N) is 1. The lowest BCUT2D eigenvalue weighted by Crippen LogP contribution is -2.32. The zero-order valence-corrected chi connectivity index (χ0v) is 12.5. The topological polar surface area (TPSA) is 29.5 Å². The van der Waals surface area contributed by atoms with Crippen LogP contribution in [0.15, 0.2) is 48.5 Å². The van der Waals surface area contributed by atoms with E-state index in [0.29, 0.717) is 12.6 Å². The average molecular weight is 293 g/mol. The molecule has 3 heteroatoms. The van der Waals surface area contributed by atoms with Gasteiger partial charge in [0.15, 0.2) is 0 Å². The number of carbonyl (C=O) groups excluding carboxylic acids is 1. The molecule has 2 aliphatic rings. The van der Waals surface area contributed by atoms with Crippen molar-refractivity contribution in [3.05, 3.63) is 65.2 Å². The van der Waals surface area contributed by atoms with Gasteiger partial charge in [0, 0.05) is 24.6 Å². The summed E-state index contributed by atoms with van der Waals surface area (Å²) in [6, 6.07) is 16.5. The van der Waals surface area contributed by atoms with Crippen molar-refractivity contribution in [2.45, 2.75) is 31.8 Å². The van der Waals surface area contributed by atoms with Crippen LogP contribution in [0.1, 0.15) is 34.3 Å². The summed E-state index contributed by atoms with van der Waals surface area (Å²) in [6.45, 7) is 1.42.